The minimum absolute atomic E-state index is 0.0119. The number of para-hydroxylation sites is 1. The Bertz CT molecular complexity index is 696. The van der Waals surface area contributed by atoms with Crippen LogP contribution in [0.15, 0.2) is 24.3 Å². The van der Waals surface area contributed by atoms with Gasteiger partial charge in [-0.3, -0.25) is 4.90 Å². The molecule has 2 aliphatic rings. The summed E-state index contributed by atoms with van der Waals surface area (Å²) in [5, 5.41) is 8.43. The van der Waals surface area contributed by atoms with E-state index < -0.39 is 0 Å². The Morgan fingerprint density at radius 1 is 1.23 bits per heavy atom. The number of benzene rings is 1. The summed E-state index contributed by atoms with van der Waals surface area (Å²) in [7, 11) is 2.03. The quantitative estimate of drug-likeness (QED) is 0.851. The molecule has 1 aromatic heterocycles. The number of ether oxygens (including phenoxy) is 1. The van der Waals surface area contributed by atoms with Gasteiger partial charge in [0.15, 0.2) is 0 Å². The fourth-order valence-corrected chi connectivity index (χ4v) is 3.60. The molecule has 0 saturated carbocycles. The summed E-state index contributed by atoms with van der Waals surface area (Å²) in [5.74, 6) is 3.07. The second-order valence-corrected chi connectivity index (χ2v) is 6.58. The van der Waals surface area contributed by atoms with Crippen molar-refractivity contribution < 1.29 is 4.74 Å². The zero-order chi connectivity index (χ0) is 15.2. The van der Waals surface area contributed by atoms with Crippen molar-refractivity contribution in [1.29, 1.82) is 0 Å². The molecule has 1 saturated heterocycles. The van der Waals surface area contributed by atoms with E-state index in [4.69, 9.17) is 4.74 Å². The summed E-state index contributed by atoms with van der Waals surface area (Å²) < 4.78 is 8.47. The van der Waals surface area contributed by atoms with Crippen LogP contribution in [-0.2, 0) is 20.0 Å². The van der Waals surface area contributed by atoms with Crippen LogP contribution in [0.1, 0.15) is 30.1 Å². The smallest absolute Gasteiger partial charge is 0.146 e. The maximum Gasteiger partial charge on any atom is 0.146 e. The van der Waals surface area contributed by atoms with Gasteiger partial charge in [-0.2, -0.15) is 0 Å². The number of aryl methyl sites for hydroxylation is 2. The Balaban J connectivity index is 1.48. The lowest BCUT2D eigenvalue weighted by Gasteiger charge is -2.35. The van der Waals surface area contributed by atoms with Crippen molar-refractivity contribution in [3.8, 4) is 5.75 Å². The predicted octanol–water partition coefficient (Wildman–Crippen LogP) is 2.09. The summed E-state index contributed by atoms with van der Waals surface area (Å²) in [6.07, 6.45) is 3.32. The highest BCUT2D eigenvalue weighted by Crippen LogP contribution is 2.38. The Morgan fingerprint density at radius 3 is 2.91 bits per heavy atom. The van der Waals surface area contributed by atoms with Gasteiger partial charge in [0.1, 0.15) is 23.0 Å². The molecule has 1 unspecified atom stereocenters. The molecule has 2 aliphatic heterocycles. The highest BCUT2D eigenvalue weighted by Gasteiger charge is 2.42. The van der Waals surface area contributed by atoms with Gasteiger partial charge in [0.05, 0.1) is 6.54 Å². The van der Waals surface area contributed by atoms with E-state index in [1.165, 1.54) is 5.56 Å². The van der Waals surface area contributed by atoms with E-state index in [2.05, 4.69) is 43.9 Å². The second kappa shape index (κ2) is 5.09. The molecule has 5 heteroatoms. The monoisotopic (exact) mass is 298 g/mol. The van der Waals surface area contributed by atoms with E-state index >= 15 is 0 Å². The molecule has 4 rings (SSSR count). The predicted molar refractivity (Wildman–Crippen MR) is 83.8 cm³/mol. The summed E-state index contributed by atoms with van der Waals surface area (Å²) in [5.41, 5.74) is 1.33. The van der Waals surface area contributed by atoms with Crippen molar-refractivity contribution in [2.75, 3.05) is 13.1 Å². The fourth-order valence-electron chi connectivity index (χ4n) is 3.60. The lowest BCUT2D eigenvalue weighted by Crippen LogP contribution is -2.42. The first-order valence-electron chi connectivity index (χ1n) is 7.99. The van der Waals surface area contributed by atoms with E-state index in [1.54, 1.807) is 0 Å². The second-order valence-electron chi connectivity index (χ2n) is 6.58. The van der Waals surface area contributed by atoms with Crippen LogP contribution in [0.5, 0.6) is 5.75 Å². The maximum atomic E-state index is 6.40. The van der Waals surface area contributed by atoms with E-state index in [0.717, 1.165) is 56.3 Å². The Morgan fingerprint density at radius 2 is 2.09 bits per heavy atom. The average Bonchev–Trinajstić information content (AvgIpc) is 3.06. The lowest BCUT2D eigenvalue weighted by atomic mass is 9.90. The molecule has 0 amide bonds. The molecule has 0 N–H and O–H groups in total. The van der Waals surface area contributed by atoms with E-state index in [9.17, 15) is 0 Å². The largest absolute Gasteiger partial charge is 0.486 e. The molecular formula is C17H22N4O. The van der Waals surface area contributed by atoms with E-state index in [1.807, 2.05) is 14.0 Å². The third kappa shape index (κ3) is 2.29. The van der Waals surface area contributed by atoms with Crippen LogP contribution in [0.25, 0.3) is 0 Å². The van der Waals surface area contributed by atoms with Gasteiger partial charge >= 0.3 is 0 Å². The van der Waals surface area contributed by atoms with Gasteiger partial charge in [-0.25, -0.2) is 0 Å². The van der Waals surface area contributed by atoms with Gasteiger partial charge in [-0.1, -0.05) is 18.2 Å². The summed E-state index contributed by atoms with van der Waals surface area (Å²) in [6.45, 7) is 4.88. The van der Waals surface area contributed by atoms with Crippen molar-refractivity contribution in [3.05, 3.63) is 41.5 Å². The molecular weight excluding hydrogens is 276 g/mol. The molecule has 3 heterocycles. The molecule has 0 bridgehead atoms. The van der Waals surface area contributed by atoms with Crippen molar-refractivity contribution in [2.45, 2.75) is 38.3 Å². The van der Waals surface area contributed by atoms with Crippen molar-refractivity contribution in [1.82, 2.24) is 19.7 Å². The van der Waals surface area contributed by atoms with Gasteiger partial charge in [0.25, 0.3) is 0 Å². The van der Waals surface area contributed by atoms with Crippen LogP contribution in [0, 0.1) is 6.92 Å². The topological polar surface area (TPSA) is 43.2 Å². The highest BCUT2D eigenvalue weighted by molar-refractivity contribution is 5.36. The fraction of sp³-hybridized carbons (Fsp3) is 0.529. The van der Waals surface area contributed by atoms with Gasteiger partial charge in [0.2, 0.25) is 0 Å². The molecule has 0 aliphatic carbocycles. The standard InChI is InChI=1S/C17H22N4O/c1-13-18-19-16(20(13)2)11-21-10-9-17(12-21)8-7-14-5-3-4-6-15(14)22-17/h3-6H,7-12H2,1-2H3. The summed E-state index contributed by atoms with van der Waals surface area (Å²) >= 11 is 0. The summed E-state index contributed by atoms with van der Waals surface area (Å²) in [6, 6.07) is 8.44. The normalized spacial score (nSPS) is 24.5. The van der Waals surface area contributed by atoms with Crippen LogP contribution in [-0.4, -0.2) is 38.4 Å². The first-order chi connectivity index (χ1) is 10.7. The minimum Gasteiger partial charge on any atom is -0.486 e. The first kappa shape index (κ1) is 13.8. The molecule has 116 valence electrons. The third-order valence-corrected chi connectivity index (χ3v) is 5.09. The van der Waals surface area contributed by atoms with Gasteiger partial charge < -0.3 is 9.30 Å². The van der Waals surface area contributed by atoms with Crippen molar-refractivity contribution >= 4 is 0 Å². The zero-order valence-electron chi connectivity index (χ0n) is 13.2. The summed E-state index contributed by atoms with van der Waals surface area (Å²) in [4.78, 5) is 2.44. The van der Waals surface area contributed by atoms with Crippen molar-refractivity contribution in [3.63, 3.8) is 0 Å². The van der Waals surface area contributed by atoms with Crippen molar-refractivity contribution in [2.24, 2.45) is 7.05 Å². The first-order valence-corrected chi connectivity index (χ1v) is 7.99. The Labute approximate surface area is 130 Å². The van der Waals surface area contributed by atoms with E-state index in [0.29, 0.717) is 0 Å². The zero-order valence-corrected chi connectivity index (χ0v) is 13.2. The number of hydrogen-bond acceptors (Lipinski definition) is 4. The third-order valence-electron chi connectivity index (χ3n) is 5.09. The molecule has 5 nitrogen and oxygen atoms in total. The maximum absolute atomic E-state index is 6.40. The number of rotatable bonds is 2. The number of nitrogens with zero attached hydrogens (tertiary/aromatic N) is 4. The van der Waals surface area contributed by atoms with Crippen LogP contribution in [0.3, 0.4) is 0 Å². The van der Waals surface area contributed by atoms with Crippen LogP contribution in [0.2, 0.25) is 0 Å². The Hall–Kier alpha value is -1.88. The molecule has 22 heavy (non-hydrogen) atoms. The van der Waals surface area contributed by atoms with Crippen LogP contribution >= 0.6 is 0 Å². The average molecular weight is 298 g/mol. The molecule has 0 radical (unpaired) electrons. The minimum atomic E-state index is -0.0119. The molecule has 1 aromatic carbocycles. The highest BCUT2D eigenvalue weighted by atomic mass is 16.5. The number of likely N-dealkylation sites (tertiary alicyclic amines) is 1. The van der Waals surface area contributed by atoms with Crippen LogP contribution in [0.4, 0.5) is 0 Å². The number of hydrogen-bond donors (Lipinski definition) is 0. The van der Waals surface area contributed by atoms with Crippen LogP contribution < -0.4 is 4.74 Å². The SMILES string of the molecule is Cc1nnc(CN2CCC3(CCc4ccccc4O3)C2)n1C. The number of fused-ring (bicyclic) bond motifs is 1. The molecule has 1 atom stereocenters. The van der Waals surface area contributed by atoms with E-state index in [-0.39, 0.29) is 5.60 Å². The lowest BCUT2D eigenvalue weighted by molar-refractivity contribution is 0.0533. The number of aromatic nitrogens is 3. The molecule has 1 fully saturated rings. The van der Waals surface area contributed by atoms with Gasteiger partial charge in [-0.05, 0) is 31.4 Å². The molecule has 1 spiro atoms. The van der Waals surface area contributed by atoms with Gasteiger partial charge in [0, 0.05) is 26.6 Å². The molecule has 2 aromatic rings. The van der Waals surface area contributed by atoms with Gasteiger partial charge in [-0.15, -0.1) is 10.2 Å². The Kier molecular flexibility index (Phi) is 3.18.